The van der Waals surface area contributed by atoms with Crippen molar-refractivity contribution in [3.8, 4) is 0 Å². The number of hydrogen-bond acceptors (Lipinski definition) is 4. The van der Waals surface area contributed by atoms with Crippen LogP contribution >= 0.6 is 0 Å². The lowest BCUT2D eigenvalue weighted by Crippen LogP contribution is -2.51. The number of nitrogens with two attached hydrogens (primary N) is 1. The smallest absolute Gasteiger partial charge is 0.383 e. The Bertz CT molecular complexity index is 646. The monoisotopic (exact) mass is 328 g/mol. The molecular weight excluding hydrogens is 312 g/mol. The first-order valence-electron chi connectivity index (χ1n) is 7.20. The van der Waals surface area contributed by atoms with Crippen molar-refractivity contribution in [2.24, 2.45) is 10.7 Å². The summed E-state index contributed by atoms with van der Waals surface area (Å²) in [7, 11) is 0. The zero-order valence-electron chi connectivity index (χ0n) is 12.1. The Hall–Kier alpha value is -2.09. The summed E-state index contributed by atoms with van der Waals surface area (Å²) in [4.78, 5) is 4.16. The van der Waals surface area contributed by atoms with Crippen molar-refractivity contribution >= 4 is 6.34 Å². The maximum atomic E-state index is 14.6. The van der Waals surface area contributed by atoms with Crippen LogP contribution in [0.1, 0.15) is 24.0 Å². The maximum Gasteiger partial charge on any atom is 0.416 e. The fraction of sp³-hybridized carbons (Fsp3) is 0.400. The molecule has 0 radical (unpaired) electrons. The fourth-order valence-electron chi connectivity index (χ4n) is 2.50. The summed E-state index contributed by atoms with van der Waals surface area (Å²) in [6.45, 7) is 0. The van der Waals surface area contributed by atoms with Crippen LogP contribution < -0.4 is 16.4 Å². The third kappa shape index (κ3) is 3.31. The van der Waals surface area contributed by atoms with Crippen LogP contribution in [0.25, 0.3) is 0 Å². The first-order valence-corrected chi connectivity index (χ1v) is 7.20. The highest BCUT2D eigenvalue weighted by Crippen LogP contribution is 2.34. The summed E-state index contributed by atoms with van der Waals surface area (Å²) in [5.41, 5.74) is 4.03. The van der Waals surface area contributed by atoms with Crippen LogP contribution in [-0.2, 0) is 12.6 Å². The minimum Gasteiger partial charge on any atom is -0.383 e. The zero-order valence-corrected chi connectivity index (χ0v) is 12.1. The predicted octanol–water partition coefficient (Wildman–Crippen LogP) is 2.42. The highest BCUT2D eigenvalue weighted by atomic mass is 19.4. The Balaban J connectivity index is 1.87. The van der Waals surface area contributed by atoms with Crippen LogP contribution in [0, 0.1) is 0 Å². The Labute approximate surface area is 130 Å². The number of nitrogens with zero attached hydrogens (tertiary/aromatic N) is 1. The van der Waals surface area contributed by atoms with Crippen molar-refractivity contribution < 1.29 is 17.6 Å². The first kappa shape index (κ1) is 15.8. The molecule has 0 aromatic heterocycles. The predicted molar refractivity (Wildman–Crippen MR) is 78.0 cm³/mol. The van der Waals surface area contributed by atoms with Crippen LogP contribution in [-0.4, -0.2) is 18.0 Å². The Kier molecular flexibility index (Phi) is 3.79. The molecule has 4 nitrogen and oxygen atoms in total. The van der Waals surface area contributed by atoms with E-state index in [4.69, 9.17) is 5.73 Å². The highest BCUT2D eigenvalue weighted by Gasteiger charge is 2.42. The summed E-state index contributed by atoms with van der Waals surface area (Å²) < 4.78 is 52.4. The molecule has 124 valence electrons. The number of aliphatic imine (C=N–C) groups is 1. The molecule has 0 saturated heterocycles. The van der Waals surface area contributed by atoms with Gasteiger partial charge >= 0.3 is 6.18 Å². The van der Waals surface area contributed by atoms with E-state index in [2.05, 4.69) is 15.6 Å². The second-order valence-electron chi connectivity index (χ2n) is 5.78. The van der Waals surface area contributed by atoms with E-state index in [1.54, 1.807) is 0 Å². The Morgan fingerprint density at radius 2 is 1.91 bits per heavy atom. The highest BCUT2D eigenvalue weighted by molar-refractivity contribution is 5.61. The van der Waals surface area contributed by atoms with Gasteiger partial charge < -0.3 is 11.1 Å². The van der Waals surface area contributed by atoms with Crippen LogP contribution in [0.5, 0.6) is 0 Å². The van der Waals surface area contributed by atoms with Crippen LogP contribution in [0.15, 0.2) is 40.9 Å². The van der Waals surface area contributed by atoms with Gasteiger partial charge in [0.1, 0.15) is 5.82 Å². The van der Waals surface area contributed by atoms with Crippen molar-refractivity contribution in [3.63, 3.8) is 0 Å². The second-order valence-corrected chi connectivity index (χ2v) is 5.78. The van der Waals surface area contributed by atoms with Gasteiger partial charge in [-0.2, -0.15) is 13.2 Å². The van der Waals surface area contributed by atoms with Gasteiger partial charge in [0.2, 0.25) is 0 Å². The van der Waals surface area contributed by atoms with Crippen LogP contribution in [0.3, 0.4) is 0 Å². The number of alkyl halides is 3. The van der Waals surface area contributed by atoms with Gasteiger partial charge in [-0.3, -0.25) is 5.32 Å². The lowest BCUT2D eigenvalue weighted by Gasteiger charge is -2.33. The van der Waals surface area contributed by atoms with Gasteiger partial charge in [-0.05, 0) is 30.5 Å². The van der Waals surface area contributed by atoms with Gasteiger partial charge in [-0.25, -0.2) is 9.38 Å². The minimum absolute atomic E-state index is 0.0757. The lowest BCUT2D eigenvalue weighted by atomic mass is 9.96. The molecule has 8 heteroatoms. The van der Waals surface area contributed by atoms with Crippen molar-refractivity contribution in [1.82, 2.24) is 10.6 Å². The molecule has 1 heterocycles. The molecule has 0 spiro atoms. The molecule has 23 heavy (non-hydrogen) atoms. The van der Waals surface area contributed by atoms with Gasteiger partial charge in [0.15, 0.2) is 11.5 Å². The normalized spacial score (nSPS) is 24.7. The first-order chi connectivity index (χ1) is 10.8. The summed E-state index contributed by atoms with van der Waals surface area (Å²) in [6.07, 6.45) is -1.20. The lowest BCUT2D eigenvalue weighted by molar-refractivity contribution is -0.137. The van der Waals surface area contributed by atoms with Crippen LogP contribution in [0.4, 0.5) is 17.6 Å². The third-order valence-electron chi connectivity index (χ3n) is 3.87. The van der Waals surface area contributed by atoms with Crippen molar-refractivity contribution in [2.45, 2.75) is 37.1 Å². The summed E-state index contributed by atoms with van der Waals surface area (Å²) in [5.74, 6) is -0.785. The molecule has 1 aromatic carbocycles. The molecule has 0 amide bonds. The molecule has 1 aliphatic heterocycles. The SMILES string of the molecule is NC1=C(F)C(Cc2ccc(C(F)(F)F)cc2)(NC2CC2)N=CN1. The van der Waals surface area contributed by atoms with Crippen molar-refractivity contribution in [2.75, 3.05) is 0 Å². The Morgan fingerprint density at radius 1 is 1.26 bits per heavy atom. The van der Waals surface area contributed by atoms with Gasteiger partial charge in [-0.1, -0.05) is 12.1 Å². The molecule has 0 bridgehead atoms. The summed E-state index contributed by atoms with van der Waals surface area (Å²) in [6, 6.07) is 4.77. The average molecular weight is 328 g/mol. The van der Waals surface area contributed by atoms with Gasteiger partial charge in [-0.15, -0.1) is 0 Å². The second kappa shape index (κ2) is 5.52. The molecule has 4 N–H and O–H groups in total. The quantitative estimate of drug-likeness (QED) is 0.744. The third-order valence-corrected chi connectivity index (χ3v) is 3.87. The molecule has 1 atom stereocenters. The molecule has 1 saturated carbocycles. The van der Waals surface area contributed by atoms with Crippen LogP contribution in [0.2, 0.25) is 0 Å². The number of hydrogen-bond donors (Lipinski definition) is 3. The van der Waals surface area contributed by atoms with E-state index in [1.807, 2.05) is 0 Å². The van der Waals surface area contributed by atoms with Gasteiger partial charge in [0.25, 0.3) is 0 Å². The molecule has 1 fully saturated rings. The zero-order chi connectivity index (χ0) is 16.7. The van der Waals surface area contributed by atoms with E-state index in [0.717, 1.165) is 25.0 Å². The maximum absolute atomic E-state index is 14.6. The molecule has 1 aromatic rings. The molecule has 1 aliphatic carbocycles. The van der Waals surface area contributed by atoms with Gasteiger partial charge in [0.05, 0.1) is 11.9 Å². The van der Waals surface area contributed by atoms with E-state index in [9.17, 15) is 17.6 Å². The van der Waals surface area contributed by atoms with E-state index < -0.39 is 23.2 Å². The molecule has 3 rings (SSSR count). The topological polar surface area (TPSA) is 62.4 Å². The van der Waals surface area contributed by atoms with E-state index in [1.165, 1.54) is 18.5 Å². The van der Waals surface area contributed by atoms with E-state index in [-0.39, 0.29) is 18.3 Å². The standard InChI is InChI=1S/C15H16F4N4/c16-12-13(20)21-8-22-14(12,23-11-5-6-11)7-9-1-3-10(4-2-9)15(17,18)19/h1-4,8,11,23H,5-7,20H2,(H,21,22). The van der Waals surface area contributed by atoms with E-state index >= 15 is 0 Å². The molecular formula is C15H16F4N4. The summed E-state index contributed by atoms with van der Waals surface area (Å²) >= 11 is 0. The molecule has 1 unspecified atom stereocenters. The fourth-order valence-corrected chi connectivity index (χ4v) is 2.50. The largest absolute Gasteiger partial charge is 0.416 e. The summed E-state index contributed by atoms with van der Waals surface area (Å²) in [5, 5.41) is 5.60. The molecule has 2 aliphatic rings. The number of nitrogens with one attached hydrogen (secondary N) is 2. The number of halogens is 4. The van der Waals surface area contributed by atoms with Crippen molar-refractivity contribution in [1.29, 1.82) is 0 Å². The minimum atomic E-state index is -4.40. The number of benzene rings is 1. The van der Waals surface area contributed by atoms with E-state index in [0.29, 0.717) is 5.56 Å². The average Bonchev–Trinajstić information content (AvgIpc) is 3.28. The van der Waals surface area contributed by atoms with Crippen molar-refractivity contribution in [3.05, 3.63) is 47.0 Å². The Morgan fingerprint density at radius 3 is 2.48 bits per heavy atom. The number of rotatable bonds is 4. The van der Waals surface area contributed by atoms with Gasteiger partial charge in [0, 0.05) is 12.5 Å².